The lowest BCUT2D eigenvalue weighted by molar-refractivity contribution is 0.832. The Morgan fingerprint density at radius 1 is 1.27 bits per heavy atom. The third-order valence-electron chi connectivity index (χ3n) is 3.05. The zero-order valence-electron chi connectivity index (χ0n) is 12.0. The molecule has 0 aliphatic heterocycles. The van der Waals surface area contributed by atoms with Gasteiger partial charge in [-0.15, -0.1) is 11.3 Å². The van der Waals surface area contributed by atoms with Crippen LogP contribution < -0.4 is 4.80 Å². The van der Waals surface area contributed by atoms with Gasteiger partial charge in [0, 0.05) is 28.2 Å². The Hall–Kier alpha value is -1.92. The van der Waals surface area contributed by atoms with Crippen LogP contribution in [0.1, 0.15) is 12.6 Å². The van der Waals surface area contributed by atoms with Crippen molar-refractivity contribution < 1.29 is 0 Å². The lowest BCUT2D eigenvalue weighted by Crippen LogP contribution is -2.12. The van der Waals surface area contributed by atoms with Crippen LogP contribution in [0.3, 0.4) is 0 Å². The van der Waals surface area contributed by atoms with Crippen molar-refractivity contribution in [3.63, 3.8) is 0 Å². The van der Waals surface area contributed by atoms with Crippen LogP contribution in [0.5, 0.6) is 0 Å². The van der Waals surface area contributed by atoms with E-state index in [4.69, 9.17) is 0 Å². The number of aromatic amines is 1. The molecule has 0 unspecified atom stereocenters. The summed E-state index contributed by atoms with van der Waals surface area (Å²) in [4.78, 5) is 8.53. The second-order valence-corrected chi connectivity index (χ2v) is 6.32. The number of hydrogen-bond acceptors (Lipinski definition) is 3. The van der Waals surface area contributed by atoms with Crippen LogP contribution in [-0.2, 0) is 0 Å². The van der Waals surface area contributed by atoms with Crippen molar-refractivity contribution in [3.05, 3.63) is 62.9 Å². The summed E-state index contributed by atoms with van der Waals surface area (Å²) in [7, 11) is 0. The second-order valence-electron chi connectivity index (χ2n) is 4.57. The normalized spacial score (nSPS) is 12.4. The van der Waals surface area contributed by atoms with E-state index in [2.05, 4.69) is 48.5 Å². The van der Waals surface area contributed by atoms with Gasteiger partial charge in [-0.05, 0) is 31.2 Å². The van der Waals surface area contributed by atoms with Crippen LogP contribution in [0.2, 0.25) is 0 Å². The molecule has 0 atom stereocenters. The number of hydrogen-bond donors (Lipinski definition) is 1. The minimum absolute atomic E-state index is 0.734. The maximum absolute atomic E-state index is 4.59. The smallest absolute Gasteiger partial charge is 0.206 e. The fourth-order valence-corrected chi connectivity index (χ4v) is 3.18. The Morgan fingerprint density at radius 2 is 2.09 bits per heavy atom. The average molecular weight is 375 g/mol. The molecule has 22 heavy (non-hydrogen) atoms. The van der Waals surface area contributed by atoms with Crippen LogP contribution in [-0.4, -0.2) is 22.4 Å². The monoisotopic (exact) mass is 374 g/mol. The zero-order chi connectivity index (χ0) is 15.4. The molecular formula is C16H15BrN4S. The molecule has 0 spiro atoms. The Labute approximate surface area is 141 Å². The van der Waals surface area contributed by atoms with Crippen LogP contribution in [0.4, 0.5) is 0 Å². The standard InChI is InChI=1S/C16H15BrN4S/c1-2-18-16-21(20-10-14-4-3-9-19-14)15(11-22-16)12-5-7-13(17)8-6-12/h3-11,19H,2H2,1H3. The van der Waals surface area contributed by atoms with Gasteiger partial charge >= 0.3 is 0 Å². The summed E-state index contributed by atoms with van der Waals surface area (Å²) in [5.74, 6) is 0. The van der Waals surface area contributed by atoms with Crippen molar-refractivity contribution in [1.82, 2.24) is 9.66 Å². The first-order valence-electron chi connectivity index (χ1n) is 6.92. The molecule has 4 nitrogen and oxygen atoms in total. The summed E-state index contributed by atoms with van der Waals surface area (Å²) < 4.78 is 2.95. The number of nitrogens with one attached hydrogen (secondary N) is 1. The molecule has 112 valence electrons. The molecule has 0 aliphatic carbocycles. The predicted molar refractivity (Wildman–Crippen MR) is 95.3 cm³/mol. The third-order valence-corrected chi connectivity index (χ3v) is 4.44. The molecular weight excluding hydrogens is 360 g/mol. The summed E-state index contributed by atoms with van der Waals surface area (Å²) in [5, 5.41) is 6.68. The number of nitrogens with zero attached hydrogens (tertiary/aromatic N) is 3. The molecule has 0 bridgehead atoms. The van der Waals surface area contributed by atoms with Gasteiger partial charge in [-0.3, -0.25) is 4.99 Å². The summed E-state index contributed by atoms with van der Waals surface area (Å²) in [6, 6.07) is 12.1. The molecule has 0 radical (unpaired) electrons. The first kappa shape index (κ1) is 15.0. The van der Waals surface area contributed by atoms with E-state index in [-0.39, 0.29) is 0 Å². The molecule has 0 fully saturated rings. The van der Waals surface area contributed by atoms with Gasteiger partial charge in [0.2, 0.25) is 4.80 Å². The average Bonchev–Trinajstić information content (AvgIpc) is 3.16. The van der Waals surface area contributed by atoms with Gasteiger partial charge in [-0.1, -0.05) is 28.1 Å². The lowest BCUT2D eigenvalue weighted by atomic mass is 10.2. The topological polar surface area (TPSA) is 45.4 Å². The molecule has 2 heterocycles. The van der Waals surface area contributed by atoms with Crippen molar-refractivity contribution >= 4 is 33.5 Å². The molecule has 1 aromatic carbocycles. The highest BCUT2D eigenvalue weighted by molar-refractivity contribution is 9.10. The van der Waals surface area contributed by atoms with Crippen molar-refractivity contribution in [1.29, 1.82) is 0 Å². The first-order chi connectivity index (χ1) is 10.8. The fourth-order valence-electron chi connectivity index (χ4n) is 2.02. The molecule has 0 aliphatic rings. The molecule has 6 heteroatoms. The molecule has 2 aromatic heterocycles. The van der Waals surface area contributed by atoms with Gasteiger partial charge < -0.3 is 4.98 Å². The molecule has 1 N–H and O–H groups in total. The Balaban J connectivity index is 2.07. The van der Waals surface area contributed by atoms with Crippen LogP contribution in [0, 0.1) is 0 Å². The summed E-state index contributed by atoms with van der Waals surface area (Å²) in [6.45, 7) is 2.76. The minimum atomic E-state index is 0.734. The second kappa shape index (κ2) is 6.89. The first-order valence-corrected chi connectivity index (χ1v) is 8.60. The van der Waals surface area contributed by atoms with E-state index in [1.54, 1.807) is 11.3 Å². The van der Waals surface area contributed by atoms with Crippen LogP contribution in [0.15, 0.2) is 62.5 Å². The fraction of sp³-hybridized carbons (Fsp3) is 0.125. The lowest BCUT2D eigenvalue weighted by Gasteiger charge is -2.03. The SMILES string of the molecule is CCN=c1scc(-c2ccc(Br)cc2)n1N=Cc1ccc[nH]1. The number of halogens is 1. The van der Waals surface area contributed by atoms with E-state index in [1.807, 2.05) is 48.3 Å². The predicted octanol–water partition coefficient (Wildman–Crippen LogP) is 4.11. The quantitative estimate of drug-likeness (QED) is 0.668. The number of thiazole rings is 1. The maximum atomic E-state index is 4.59. The Kier molecular flexibility index (Phi) is 4.70. The van der Waals surface area contributed by atoms with E-state index in [0.717, 1.165) is 32.8 Å². The number of rotatable bonds is 4. The largest absolute Gasteiger partial charge is 0.360 e. The maximum Gasteiger partial charge on any atom is 0.206 e. The van der Waals surface area contributed by atoms with Gasteiger partial charge in [0.1, 0.15) is 0 Å². The molecule has 3 aromatic rings. The number of benzene rings is 1. The number of aromatic nitrogens is 2. The van der Waals surface area contributed by atoms with Gasteiger partial charge in [0.05, 0.1) is 17.6 Å². The highest BCUT2D eigenvalue weighted by atomic mass is 79.9. The van der Waals surface area contributed by atoms with Crippen molar-refractivity contribution in [2.75, 3.05) is 6.54 Å². The van der Waals surface area contributed by atoms with Gasteiger partial charge in [-0.2, -0.15) is 5.10 Å². The van der Waals surface area contributed by atoms with Crippen LogP contribution >= 0.6 is 27.3 Å². The molecule has 0 saturated carbocycles. The van der Waals surface area contributed by atoms with Gasteiger partial charge in [0.15, 0.2) is 0 Å². The highest BCUT2D eigenvalue weighted by Gasteiger charge is 2.07. The van der Waals surface area contributed by atoms with Crippen molar-refractivity contribution in [3.8, 4) is 11.3 Å². The summed E-state index contributed by atoms with van der Waals surface area (Å²) in [6.07, 6.45) is 3.69. The summed E-state index contributed by atoms with van der Waals surface area (Å²) >= 11 is 5.06. The van der Waals surface area contributed by atoms with E-state index in [0.29, 0.717) is 0 Å². The van der Waals surface area contributed by atoms with Crippen LogP contribution in [0.25, 0.3) is 11.3 Å². The Bertz CT molecular complexity index is 826. The summed E-state index contributed by atoms with van der Waals surface area (Å²) in [5.41, 5.74) is 3.11. The number of H-pyrrole nitrogens is 1. The van der Waals surface area contributed by atoms with E-state index >= 15 is 0 Å². The van der Waals surface area contributed by atoms with E-state index in [9.17, 15) is 0 Å². The molecule has 3 rings (SSSR count). The highest BCUT2D eigenvalue weighted by Crippen LogP contribution is 2.22. The Morgan fingerprint density at radius 3 is 2.77 bits per heavy atom. The van der Waals surface area contributed by atoms with E-state index < -0.39 is 0 Å². The molecule has 0 saturated heterocycles. The third kappa shape index (κ3) is 3.28. The van der Waals surface area contributed by atoms with Gasteiger partial charge in [0.25, 0.3) is 0 Å². The molecule has 0 amide bonds. The van der Waals surface area contributed by atoms with E-state index in [1.165, 1.54) is 0 Å². The zero-order valence-corrected chi connectivity index (χ0v) is 14.4. The van der Waals surface area contributed by atoms with Gasteiger partial charge in [-0.25, -0.2) is 4.68 Å². The van der Waals surface area contributed by atoms with Crippen molar-refractivity contribution in [2.24, 2.45) is 10.1 Å². The minimum Gasteiger partial charge on any atom is -0.360 e. The van der Waals surface area contributed by atoms with Crippen molar-refractivity contribution in [2.45, 2.75) is 6.92 Å².